The lowest BCUT2D eigenvalue weighted by Crippen LogP contribution is -2.27. The Labute approximate surface area is 81.6 Å². The summed E-state index contributed by atoms with van der Waals surface area (Å²) in [7, 11) is 0. The van der Waals surface area contributed by atoms with Gasteiger partial charge in [0.05, 0.1) is 6.54 Å². The van der Waals surface area contributed by atoms with Crippen molar-refractivity contribution in [2.45, 2.75) is 6.54 Å². The van der Waals surface area contributed by atoms with Crippen LogP contribution in [0.25, 0.3) is 0 Å². The Bertz CT molecular complexity index is 283. The quantitative estimate of drug-likeness (QED) is 0.380. The number of halogens is 1. The van der Waals surface area contributed by atoms with Crippen LogP contribution >= 0.6 is 11.6 Å². The Hall–Kier alpha value is -1.13. The topological polar surface area (TPSA) is 74.8 Å². The molecule has 0 amide bonds. The average molecular weight is 199 g/mol. The third-order valence-corrected chi connectivity index (χ3v) is 1.66. The molecule has 4 nitrogen and oxygen atoms in total. The van der Waals surface area contributed by atoms with Crippen LogP contribution in [0.2, 0.25) is 5.15 Å². The zero-order valence-corrected chi connectivity index (χ0v) is 7.80. The van der Waals surface area contributed by atoms with Crippen molar-refractivity contribution in [2.24, 2.45) is 5.73 Å². The highest BCUT2D eigenvalue weighted by atomic mass is 35.5. The fraction of sp³-hybridized carbons (Fsp3) is 0.250. The number of nitrogens with one attached hydrogen (secondary N) is 2. The molecule has 5 heteroatoms. The summed E-state index contributed by atoms with van der Waals surface area (Å²) >= 11 is 5.61. The van der Waals surface area contributed by atoms with Crippen LogP contribution in [0.3, 0.4) is 0 Å². The van der Waals surface area contributed by atoms with Crippen LogP contribution < -0.4 is 11.1 Å². The van der Waals surface area contributed by atoms with E-state index in [9.17, 15) is 0 Å². The monoisotopic (exact) mass is 198 g/mol. The number of hydrogen-bond donors (Lipinski definition) is 3. The minimum absolute atomic E-state index is 0.127. The molecule has 0 atom stereocenters. The largest absolute Gasteiger partial charge is 0.387 e. The van der Waals surface area contributed by atoms with Crippen molar-refractivity contribution >= 4 is 17.4 Å². The summed E-state index contributed by atoms with van der Waals surface area (Å²) in [6.07, 6.45) is 1.69. The van der Waals surface area contributed by atoms with Gasteiger partial charge in [-0.1, -0.05) is 17.7 Å². The zero-order chi connectivity index (χ0) is 9.68. The van der Waals surface area contributed by atoms with E-state index in [0.717, 1.165) is 5.56 Å². The van der Waals surface area contributed by atoms with Gasteiger partial charge in [-0.25, -0.2) is 4.98 Å². The van der Waals surface area contributed by atoms with Gasteiger partial charge in [-0.2, -0.15) is 0 Å². The Balaban J connectivity index is 2.37. The smallest absolute Gasteiger partial charge is 0.129 e. The normalized spacial score (nSPS) is 9.92. The van der Waals surface area contributed by atoms with E-state index < -0.39 is 0 Å². The molecule has 0 saturated carbocycles. The van der Waals surface area contributed by atoms with Crippen LogP contribution in [0, 0.1) is 5.41 Å². The van der Waals surface area contributed by atoms with Crippen molar-refractivity contribution in [2.75, 3.05) is 6.54 Å². The molecule has 0 fully saturated rings. The molecule has 0 bridgehead atoms. The number of nitrogens with zero attached hydrogens (tertiary/aromatic N) is 1. The summed E-state index contributed by atoms with van der Waals surface area (Å²) in [5, 5.41) is 10.4. The SMILES string of the molecule is N=C(N)CNCc1ccc(Cl)nc1. The molecule has 0 radical (unpaired) electrons. The van der Waals surface area contributed by atoms with E-state index in [-0.39, 0.29) is 5.84 Å². The first kappa shape index (κ1) is 9.95. The van der Waals surface area contributed by atoms with Crippen LogP contribution in [0.1, 0.15) is 5.56 Å². The standard InChI is InChI=1S/C8H11ClN4/c9-7-2-1-6(4-13-7)3-12-5-8(10)11/h1-2,4,12H,3,5H2,(H3,10,11). The van der Waals surface area contributed by atoms with E-state index in [0.29, 0.717) is 18.2 Å². The van der Waals surface area contributed by atoms with Gasteiger partial charge in [0.1, 0.15) is 11.0 Å². The van der Waals surface area contributed by atoms with Crippen molar-refractivity contribution in [1.29, 1.82) is 5.41 Å². The molecule has 1 aromatic heterocycles. The Morgan fingerprint density at radius 1 is 1.62 bits per heavy atom. The lowest BCUT2D eigenvalue weighted by atomic mass is 10.3. The highest BCUT2D eigenvalue weighted by molar-refractivity contribution is 6.29. The summed E-state index contributed by atoms with van der Waals surface area (Å²) in [6, 6.07) is 3.61. The van der Waals surface area contributed by atoms with Gasteiger partial charge in [-0.15, -0.1) is 0 Å². The molecule has 0 aliphatic heterocycles. The van der Waals surface area contributed by atoms with E-state index in [2.05, 4.69) is 10.3 Å². The third kappa shape index (κ3) is 3.87. The first-order valence-corrected chi connectivity index (χ1v) is 4.20. The van der Waals surface area contributed by atoms with Gasteiger partial charge in [-0.3, -0.25) is 5.41 Å². The summed E-state index contributed by atoms with van der Waals surface area (Å²) in [6.45, 7) is 1.03. The molecule has 0 aliphatic rings. The maximum atomic E-state index is 6.97. The lowest BCUT2D eigenvalue weighted by molar-refractivity contribution is 0.768. The van der Waals surface area contributed by atoms with Crippen molar-refractivity contribution in [1.82, 2.24) is 10.3 Å². The Morgan fingerprint density at radius 2 is 2.38 bits per heavy atom. The molecule has 1 aromatic rings. The number of pyridine rings is 1. The van der Waals surface area contributed by atoms with Gasteiger partial charge in [0, 0.05) is 12.7 Å². The molecule has 0 aromatic carbocycles. The van der Waals surface area contributed by atoms with Crippen LogP contribution in [-0.2, 0) is 6.54 Å². The molecular formula is C8H11ClN4. The molecule has 1 rings (SSSR count). The average Bonchev–Trinajstić information content (AvgIpc) is 2.08. The number of rotatable bonds is 4. The first-order valence-electron chi connectivity index (χ1n) is 3.82. The van der Waals surface area contributed by atoms with Gasteiger partial charge < -0.3 is 11.1 Å². The maximum absolute atomic E-state index is 6.97. The van der Waals surface area contributed by atoms with E-state index in [1.165, 1.54) is 0 Å². The second kappa shape index (κ2) is 4.79. The van der Waals surface area contributed by atoms with Gasteiger partial charge in [0.2, 0.25) is 0 Å². The van der Waals surface area contributed by atoms with Crippen molar-refractivity contribution in [3.05, 3.63) is 29.0 Å². The second-order valence-corrected chi connectivity index (χ2v) is 3.01. The van der Waals surface area contributed by atoms with Crippen molar-refractivity contribution in [3.8, 4) is 0 Å². The lowest BCUT2D eigenvalue weighted by Gasteiger charge is -2.02. The molecule has 0 spiro atoms. The fourth-order valence-corrected chi connectivity index (χ4v) is 0.964. The van der Waals surface area contributed by atoms with Gasteiger partial charge in [0.25, 0.3) is 0 Å². The van der Waals surface area contributed by atoms with Crippen LogP contribution in [0.15, 0.2) is 18.3 Å². The molecule has 70 valence electrons. The number of amidine groups is 1. The van der Waals surface area contributed by atoms with Gasteiger partial charge in [0.15, 0.2) is 0 Å². The Kier molecular flexibility index (Phi) is 3.67. The minimum atomic E-state index is 0.127. The summed E-state index contributed by atoms with van der Waals surface area (Å²) in [4.78, 5) is 3.92. The van der Waals surface area contributed by atoms with Crippen LogP contribution in [-0.4, -0.2) is 17.4 Å². The first-order chi connectivity index (χ1) is 6.18. The maximum Gasteiger partial charge on any atom is 0.129 e. The highest BCUT2D eigenvalue weighted by Crippen LogP contribution is 2.04. The number of aromatic nitrogens is 1. The highest BCUT2D eigenvalue weighted by Gasteiger charge is 1.94. The molecule has 13 heavy (non-hydrogen) atoms. The number of nitrogens with two attached hydrogens (primary N) is 1. The molecule has 0 aliphatic carbocycles. The fourth-order valence-electron chi connectivity index (χ4n) is 0.853. The summed E-state index contributed by atoms with van der Waals surface area (Å²) in [5.41, 5.74) is 6.18. The summed E-state index contributed by atoms with van der Waals surface area (Å²) < 4.78 is 0. The zero-order valence-electron chi connectivity index (χ0n) is 7.05. The predicted octanol–water partition coefficient (Wildman–Crippen LogP) is 0.761. The van der Waals surface area contributed by atoms with Crippen molar-refractivity contribution in [3.63, 3.8) is 0 Å². The van der Waals surface area contributed by atoms with Crippen LogP contribution in [0.4, 0.5) is 0 Å². The second-order valence-electron chi connectivity index (χ2n) is 2.62. The summed E-state index contributed by atoms with van der Waals surface area (Å²) in [5.74, 6) is 0.127. The molecule has 0 unspecified atom stereocenters. The molecule has 1 heterocycles. The molecule has 0 saturated heterocycles. The molecular weight excluding hydrogens is 188 g/mol. The molecule has 4 N–H and O–H groups in total. The third-order valence-electron chi connectivity index (χ3n) is 1.43. The van der Waals surface area contributed by atoms with E-state index in [1.54, 1.807) is 12.3 Å². The van der Waals surface area contributed by atoms with Gasteiger partial charge >= 0.3 is 0 Å². The van der Waals surface area contributed by atoms with Gasteiger partial charge in [-0.05, 0) is 11.6 Å². The van der Waals surface area contributed by atoms with E-state index in [4.69, 9.17) is 22.7 Å². The van der Waals surface area contributed by atoms with E-state index >= 15 is 0 Å². The van der Waals surface area contributed by atoms with Crippen molar-refractivity contribution < 1.29 is 0 Å². The minimum Gasteiger partial charge on any atom is -0.387 e. The number of hydrogen-bond acceptors (Lipinski definition) is 3. The van der Waals surface area contributed by atoms with E-state index in [1.807, 2.05) is 6.07 Å². The predicted molar refractivity (Wildman–Crippen MR) is 52.9 cm³/mol. The van der Waals surface area contributed by atoms with Crippen LogP contribution in [0.5, 0.6) is 0 Å². The Morgan fingerprint density at radius 3 is 2.92 bits per heavy atom.